The van der Waals surface area contributed by atoms with Gasteiger partial charge in [0.2, 0.25) is 0 Å². The van der Waals surface area contributed by atoms with E-state index in [1.165, 1.54) is 23.7 Å². The van der Waals surface area contributed by atoms with E-state index in [1.54, 1.807) is 38.5 Å². The lowest BCUT2D eigenvalue weighted by Gasteiger charge is -2.36. The highest BCUT2D eigenvalue weighted by Gasteiger charge is 2.20. The summed E-state index contributed by atoms with van der Waals surface area (Å²) in [6, 6.07) is 16.0. The first kappa shape index (κ1) is 29.5. The highest BCUT2D eigenvalue weighted by Crippen LogP contribution is 2.26. The fourth-order valence-corrected chi connectivity index (χ4v) is 5.74. The van der Waals surface area contributed by atoms with Crippen molar-refractivity contribution in [3.63, 3.8) is 0 Å². The lowest BCUT2D eigenvalue weighted by atomic mass is 10.2. The van der Waals surface area contributed by atoms with Crippen LogP contribution in [0.5, 0.6) is 0 Å². The molecule has 5 rings (SSSR count). The molecule has 0 bridgehead atoms. The fraction of sp³-hybridized carbons (Fsp3) is 0.370. The molecule has 1 fully saturated rings. The Hall–Kier alpha value is -3.45. The Morgan fingerprint density at radius 1 is 0.900 bits per heavy atom. The normalized spacial score (nSPS) is 14.2. The van der Waals surface area contributed by atoms with E-state index in [0.717, 1.165) is 48.0 Å². The number of fused-ring (bicyclic) bond motifs is 1. The first-order valence-electron chi connectivity index (χ1n) is 12.9. The molecule has 11 nitrogen and oxygen atoms in total. The van der Waals surface area contributed by atoms with Crippen LogP contribution in [0, 0.1) is 0 Å². The van der Waals surface area contributed by atoms with Crippen LogP contribution in [-0.2, 0) is 34.9 Å². The molecule has 0 spiro atoms. The Morgan fingerprint density at radius 3 is 2.20 bits per heavy atom. The monoisotopic (exact) mass is 588 g/mol. The van der Waals surface area contributed by atoms with Gasteiger partial charge in [0, 0.05) is 53.4 Å². The van der Waals surface area contributed by atoms with Crippen LogP contribution in [0.15, 0.2) is 75.4 Å². The summed E-state index contributed by atoms with van der Waals surface area (Å²) in [6.45, 7) is 6.93. The summed E-state index contributed by atoms with van der Waals surface area (Å²) in [4.78, 5) is 33.7. The van der Waals surface area contributed by atoms with Crippen LogP contribution in [-0.4, -0.2) is 71.3 Å². The second-order valence-corrected chi connectivity index (χ2v) is 11.3. The van der Waals surface area contributed by atoms with Gasteiger partial charge in [0.15, 0.2) is 11.2 Å². The van der Waals surface area contributed by atoms with E-state index in [-0.39, 0.29) is 22.8 Å². The van der Waals surface area contributed by atoms with Crippen molar-refractivity contribution in [1.29, 1.82) is 0 Å². The molecule has 0 atom stereocenters. The number of nitrogens with zero attached hydrogens (tertiary/aromatic N) is 6. The third-order valence-electron chi connectivity index (χ3n) is 6.74. The van der Waals surface area contributed by atoms with Gasteiger partial charge < -0.3 is 9.47 Å². The van der Waals surface area contributed by atoms with Crippen LogP contribution < -0.4 is 16.1 Å². The van der Waals surface area contributed by atoms with Crippen LogP contribution >= 0.6 is 11.6 Å². The first-order chi connectivity index (χ1) is 19.1. The molecule has 0 saturated carbocycles. The molecule has 1 aliphatic heterocycles. The number of aromatic nitrogens is 4. The van der Waals surface area contributed by atoms with Crippen molar-refractivity contribution in [2.24, 2.45) is 14.1 Å². The summed E-state index contributed by atoms with van der Waals surface area (Å²) < 4.78 is 31.4. The van der Waals surface area contributed by atoms with Crippen molar-refractivity contribution in [3.8, 4) is 0 Å². The van der Waals surface area contributed by atoms with Crippen molar-refractivity contribution in [2.75, 3.05) is 44.2 Å². The summed E-state index contributed by atoms with van der Waals surface area (Å²) in [5, 5.41) is 0.780. The number of aryl methyl sites for hydroxylation is 1. The Kier molecular flexibility index (Phi) is 9.46. The molecule has 0 unspecified atom stereocenters. The first-order valence-corrected chi connectivity index (χ1v) is 14.7. The smallest absolute Gasteiger partial charge is 0.332 e. The zero-order chi connectivity index (χ0) is 28.9. The Morgan fingerprint density at radius 2 is 1.55 bits per heavy atom. The topological polar surface area (TPSA) is 112 Å². The van der Waals surface area contributed by atoms with Crippen LogP contribution in [0.4, 0.5) is 5.69 Å². The van der Waals surface area contributed by atoms with Gasteiger partial charge >= 0.3 is 5.69 Å². The summed E-state index contributed by atoms with van der Waals surface area (Å²) in [5.74, 6) is 0. The number of benzene rings is 2. The van der Waals surface area contributed by atoms with E-state index in [9.17, 15) is 18.0 Å². The predicted octanol–water partition coefficient (Wildman–Crippen LogP) is 2.32. The van der Waals surface area contributed by atoms with Gasteiger partial charge in [0.25, 0.3) is 15.7 Å². The molecule has 214 valence electrons. The highest BCUT2D eigenvalue weighted by atomic mass is 35.5. The third-order valence-corrected chi connectivity index (χ3v) is 8.46. The van der Waals surface area contributed by atoms with Crippen LogP contribution in [0.3, 0.4) is 0 Å². The van der Waals surface area contributed by atoms with E-state index in [4.69, 9.17) is 11.6 Å². The molecule has 2 aromatic heterocycles. The Labute approximate surface area is 237 Å². The average Bonchev–Trinajstić information content (AvgIpc) is 3.39. The van der Waals surface area contributed by atoms with Crippen molar-refractivity contribution in [3.05, 3.63) is 86.8 Å². The van der Waals surface area contributed by atoms with E-state index >= 15 is 0 Å². The third kappa shape index (κ3) is 6.47. The van der Waals surface area contributed by atoms with Gasteiger partial charge in [-0.3, -0.25) is 23.0 Å². The summed E-state index contributed by atoms with van der Waals surface area (Å²) in [6.07, 6.45) is 1.64. The van der Waals surface area contributed by atoms with E-state index in [2.05, 4.69) is 25.0 Å². The van der Waals surface area contributed by atoms with Crippen LogP contribution in [0.2, 0.25) is 5.02 Å². The van der Waals surface area contributed by atoms with E-state index in [1.807, 2.05) is 22.8 Å². The molecule has 40 heavy (non-hydrogen) atoms. The van der Waals surface area contributed by atoms with Gasteiger partial charge in [-0.15, -0.1) is 0 Å². The van der Waals surface area contributed by atoms with E-state index < -0.39 is 10.1 Å². The summed E-state index contributed by atoms with van der Waals surface area (Å²) in [5.41, 5.74) is 1.31. The minimum Gasteiger partial charge on any atom is -0.368 e. The predicted molar refractivity (Wildman–Crippen MR) is 156 cm³/mol. The van der Waals surface area contributed by atoms with Gasteiger partial charge in [-0.1, -0.05) is 41.9 Å². The van der Waals surface area contributed by atoms with Gasteiger partial charge in [0.1, 0.15) is 0 Å². The van der Waals surface area contributed by atoms with Gasteiger partial charge in [-0.25, -0.2) is 9.78 Å². The molecule has 3 heterocycles. The quantitative estimate of drug-likeness (QED) is 0.302. The molecule has 0 aliphatic carbocycles. The SMILES string of the molecule is CCOS(=O)(=O)c1ccccc1.Cn1c(=O)c2c(ncn2CCN2CCN(c3ccccc3Cl)CC2)n(C)c1=O. The molecule has 1 aliphatic rings. The number of rotatable bonds is 7. The molecular formula is C27H33ClN6O5S. The Balaban J connectivity index is 0.000000259. The minimum absolute atomic E-state index is 0.164. The number of piperazine rings is 1. The molecule has 4 aromatic rings. The zero-order valence-corrected chi connectivity index (χ0v) is 24.3. The maximum Gasteiger partial charge on any atom is 0.332 e. The van der Waals surface area contributed by atoms with Gasteiger partial charge in [-0.05, 0) is 31.2 Å². The second-order valence-electron chi connectivity index (χ2n) is 9.27. The molecular weight excluding hydrogens is 556 g/mol. The summed E-state index contributed by atoms with van der Waals surface area (Å²) >= 11 is 6.31. The standard InChI is InChI=1S/C19H23ClN6O2.C8H10O3S/c1-22-17-16(18(27)23(2)19(22)28)26(13-21-17)12-9-24-7-10-25(11-8-24)15-6-4-3-5-14(15)20;1-2-11-12(9,10)8-6-4-3-5-7-8/h3-6,13H,7-12H2,1-2H3;3-7H,2H2,1H3. The van der Waals surface area contributed by atoms with Crippen molar-refractivity contribution < 1.29 is 12.6 Å². The molecule has 0 radical (unpaired) electrons. The number of anilines is 1. The Bertz CT molecular complexity index is 1680. The number of halogens is 1. The zero-order valence-electron chi connectivity index (χ0n) is 22.7. The lowest BCUT2D eigenvalue weighted by molar-refractivity contribution is 0.249. The van der Waals surface area contributed by atoms with Crippen molar-refractivity contribution >= 4 is 38.6 Å². The minimum atomic E-state index is -3.51. The molecule has 0 amide bonds. The van der Waals surface area contributed by atoms with Crippen molar-refractivity contribution in [1.82, 2.24) is 23.6 Å². The highest BCUT2D eigenvalue weighted by molar-refractivity contribution is 7.86. The molecule has 2 aromatic carbocycles. The lowest BCUT2D eigenvalue weighted by Crippen LogP contribution is -2.47. The van der Waals surface area contributed by atoms with Crippen LogP contribution in [0.25, 0.3) is 11.2 Å². The maximum absolute atomic E-state index is 12.5. The maximum atomic E-state index is 12.5. The average molecular weight is 589 g/mol. The molecule has 13 heteroatoms. The van der Waals surface area contributed by atoms with E-state index in [0.29, 0.717) is 17.7 Å². The molecule has 0 N–H and O–H groups in total. The van der Waals surface area contributed by atoms with Gasteiger partial charge in [-0.2, -0.15) is 8.42 Å². The largest absolute Gasteiger partial charge is 0.368 e. The van der Waals surface area contributed by atoms with Crippen molar-refractivity contribution in [2.45, 2.75) is 18.4 Å². The number of imidazole rings is 1. The van der Waals surface area contributed by atoms with Gasteiger partial charge in [0.05, 0.1) is 28.5 Å². The number of hydrogen-bond donors (Lipinski definition) is 0. The summed E-state index contributed by atoms with van der Waals surface area (Å²) in [7, 11) is -0.381. The fourth-order valence-electron chi connectivity index (χ4n) is 4.55. The molecule has 1 saturated heterocycles. The van der Waals surface area contributed by atoms with Crippen LogP contribution in [0.1, 0.15) is 6.92 Å². The number of hydrogen-bond acceptors (Lipinski definition) is 8. The second kappa shape index (κ2) is 12.8. The number of para-hydroxylation sites is 1.